The minimum atomic E-state index is -0.236. The summed E-state index contributed by atoms with van der Waals surface area (Å²) in [5.74, 6) is 0.240. The summed E-state index contributed by atoms with van der Waals surface area (Å²) in [5.41, 5.74) is 8.40. The molecule has 0 spiro atoms. The van der Waals surface area contributed by atoms with Crippen LogP contribution in [0.5, 0.6) is 0 Å². The van der Waals surface area contributed by atoms with Crippen LogP contribution in [0.2, 0.25) is 0 Å². The monoisotopic (exact) mass is 244 g/mol. The molecule has 0 saturated carbocycles. The van der Waals surface area contributed by atoms with E-state index < -0.39 is 0 Å². The van der Waals surface area contributed by atoms with Crippen LogP contribution in [-0.2, 0) is 14.1 Å². The number of nitrogens with two attached hydrogens (primary N) is 1. The summed E-state index contributed by atoms with van der Waals surface area (Å²) in [5, 5.41) is 5.12. The van der Waals surface area contributed by atoms with E-state index in [9.17, 15) is 4.39 Å². The molecule has 2 aromatic heterocycles. The Hall–Kier alpha value is -2.30. The molecular weight excluding hydrogens is 231 g/mol. The fourth-order valence-corrected chi connectivity index (χ4v) is 2.28. The van der Waals surface area contributed by atoms with E-state index in [4.69, 9.17) is 5.73 Å². The fraction of sp³-hybridized carbons (Fsp3) is 0.154. The average molecular weight is 244 g/mol. The van der Waals surface area contributed by atoms with Crippen LogP contribution in [0.4, 0.5) is 10.2 Å². The number of hydrogen-bond acceptors (Lipinski definition) is 2. The van der Waals surface area contributed by atoms with Gasteiger partial charge in [0.05, 0.1) is 16.9 Å². The number of aryl methyl sites for hydroxylation is 2. The van der Waals surface area contributed by atoms with Crippen molar-refractivity contribution < 1.29 is 4.39 Å². The molecule has 1 aromatic carbocycles. The molecule has 0 bridgehead atoms. The number of hydrogen-bond donors (Lipinski definition) is 1. The van der Waals surface area contributed by atoms with Crippen LogP contribution in [0.3, 0.4) is 0 Å². The molecule has 2 N–H and O–H groups in total. The lowest BCUT2D eigenvalue weighted by Gasteiger charge is -2.04. The number of benzene rings is 1. The average Bonchev–Trinajstić information content (AvgIpc) is 2.80. The molecule has 5 heteroatoms. The number of nitrogens with zero attached hydrogens (tertiary/aromatic N) is 3. The summed E-state index contributed by atoms with van der Waals surface area (Å²) in [7, 11) is 3.74. The third-order valence-electron chi connectivity index (χ3n) is 3.17. The minimum absolute atomic E-state index is 0.236. The van der Waals surface area contributed by atoms with Crippen molar-refractivity contribution in [1.29, 1.82) is 0 Å². The van der Waals surface area contributed by atoms with Gasteiger partial charge in [-0.25, -0.2) is 4.39 Å². The van der Waals surface area contributed by atoms with Crippen molar-refractivity contribution in [2.75, 3.05) is 5.73 Å². The Balaban J connectivity index is 2.30. The number of aromatic nitrogens is 3. The van der Waals surface area contributed by atoms with Gasteiger partial charge < -0.3 is 10.3 Å². The summed E-state index contributed by atoms with van der Waals surface area (Å²) in [4.78, 5) is 0. The van der Waals surface area contributed by atoms with E-state index in [-0.39, 0.29) is 5.82 Å². The van der Waals surface area contributed by atoms with Gasteiger partial charge in [-0.05, 0) is 24.3 Å². The summed E-state index contributed by atoms with van der Waals surface area (Å²) < 4.78 is 16.9. The van der Waals surface area contributed by atoms with Crippen LogP contribution in [0.15, 0.2) is 30.3 Å². The zero-order valence-corrected chi connectivity index (χ0v) is 10.2. The smallest absolute Gasteiger partial charge is 0.146 e. The molecule has 0 radical (unpaired) electrons. The summed E-state index contributed by atoms with van der Waals surface area (Å²) in [6.45, 7) is 0. The Labute approximate surface area is 103 Å². The zero-order valence-electron chi connectivity index (χ0n) is 10.2. The lowest BCUT2D eigenvalue weighted by atomic mass is 10.2. The van der Waals surface area contributed by atoms with Crippen molar-refractivity contribution in [3.63, 3.8) is 0 Å². The molecule has 4 nitrogen and oxygen atoms in total. The zero-order chi connectivity index (χ0) is 12.9. The number of nitrogen functional groups attached to an aromatic ring is 1. The quantitative estimate of drug-likeness (QED) is 0.714. The predicted molar refractivity (Wildman–Crippen MR) is 69.5 cm³/mol. The second-order valence-corrected chi connectivity index (χ2v) is 4.37. The first-order chi connectivity index (χ1) is 8.56. The maximum atomic E-state index is 13.3. The maximum Gasteiger partial charge on any atom is 0.146 e. The molecule has 3 rings (SSSR count). The van der Waals surface area contributed by atoms with Gasteiger partial charge >= 0.3 is 0 Å². The molecule has 2 heterocycles. The van der Waals surface area contributed by atoms with Crippen molar-refractivity contribution in [3.8, 4) is 11.4 Å². The van der Waals surface area contributed by atoms with Gasteiger partial charge in [-0.2, -0.15) is 5.10 Å². The van der Waals surface area contributed by atoms with Gasteiger partial charge in [-0.1, -0.05) is 0 Å². The predicted octanol–water partition coefficient (Wildman–Crippen LogP) is 2.30. The van der Waals surface area contributed by atoms with Gasteiger partial charge in [0.2, 0.25) is 0 Å². The Morgan fingerprint density at radius 3 is 2.56 bits per heavy atom. The number of anilines is 1. The highest BCUT2D eigenvalue weighted by molar-refractivity contribution is 5.86. The third-order valence-corrected chi connectivity index (χ3v) is 3.17. The van der Waals surface area contributed by atoms with Gasteiger partial charge in [0.25, 0.3) is 0 Å². The first-order valence-electron chi connectivity index (χ1n) is 5.61. The second-order valence-electron chi connectivity index (χ2n) is 4.37. The van der Waals surface area contributed by atoms with Crippen LogP contribution in [-0.4, -0.2) is 14.3 Å². The molecule has 0 aliphatic rings. The normalized spacial score (nSPS) is 11.3. The lowest BCUT2D eigenvalue weighted by molar-refractivity contribution is 0.629. The first kappa shape index (κ1) is 10.8. The molecule has 0 aliphatic carbocycles. The van der Waals surface area contributed by atoms with Gasteiger partial charge in [-0.15, -0.1) is 0 Å². The van der Waals surface area contributed by atoms with Crippen LogP contribution in [0, 0.1) is 5.82 Å². The minimum Gasteiger partial charge on any atom is -0.382 e. The lowest BCUT2D eigenvalue weighted by Crippen LogP contribution is -1.98. The molecule has 0 saturated heterocycles. The highest BCUT2D eigenvalue weighted by atomic mass is 19.1. The van der Waals surface area contributed by atoms with E-state index in [2.05, 4.69) is 5.10 Å². The highest BCUT2D eigenvalue weighted by Gasteiger charge is 2.12. The molecule has 92 valence electrons. The topological polar surface area (TPSA) is 48.8 Å². The standard InChI is InChI=1S/C13H13FN4/c1-17-10-6-9(14)4-3-8(10)5-11(17)12-7-13(15)16-18(12)2/h3-7H,1-2H3,(H2,15,16). The molecule has 3 aromatic rings. The van der Waals surface area contributed by atoms with Crippen molar-refractivity contribution in [1.82, 2.24) is 14.3 Å². The molecule has 18 heavy (non-hydrogen) atoms. The van der Waals surface area contributed by atoms with Crippen LogP contribution in [0.1, 0.15) is 0 Å². The van der Waals surface area contributed by atoms with Gasteiger partial charge in [-0.3, -0.25) is 4.68 Å². The van der Waals surface area contributed by atoms with E-state index in [1.807, 2.05) is 30.8 Å². The summed E-state index contributed by atoms with van der Waals surface area (Å²) >= 11 is 0. The SMILES string of the molecule is Cn1nc(N)cc1-c1cc2ccc(F)cc2n1C. The Morgan fingerprint density at radius 2 is 1.89 bits per heavy atom. The van der Waals surface area contributed by atoms with Crippen molar-refractivity contribution in [3.05, 3.63) is 36.1 Å². The number of halogens is 1. The molecular formula is C13H13FN4. The van der Waals surface area contributed by atoms with E-state index in [1.165, 1.54) is 12.1 Å². The van der Waals surface area contributed by atoms with E-state index in [0.29, 0.717) is 5.82 Å². The Morgan fingerprint density at radius 1 is 1.11 bits per heavy atom. The van der Waals surface area contributed by atoms with E-state index in [1.54, 1.807) is 10.7 Å². The molecule has 0 atom stereocenters. The van der Waals surface area contributed by atoms with Gasteiger partial charge in [0.1, 0.15) is 11.6 Å². The molecule has 0 unspecified atom stereocenters. The van der Waals surface area contributed by atoms with Crippen molar-refractivity contribution in [2.45, 2.75) is 0 Å². The first-order valence-corrected chi connectivity index (χ1v) is 5.61. The molecule has 0 amide bonds. The third kappa shape index (κ3) is 1.48. The van der Waals surface area contributed by atoms with Crippen molar-refractivity contribution in [2.24, 2.45) is 14.1 Å². The maximum absolute atomic E-state index is 13.3. The fourth-order valence-electron chi connectivity index (χ4n) is 2.28. The molecule has 0 fully saturated rings. The Kier molecular flexibility index (Phi) is 2.16. The van der Waals surface area contributed by atoms with Gasteiger partial charge in [0, 0.05) is 25.5 Å². The molecule has 0 aliphatic heterocycles. The summed E-state index contributed by atoms with van der Waals surface area (Å²) in [6.07, 6.45) is 0. The van der Waals surface area contributed by atoms with E-state index in [0.717, 1.165) is 22.3 Å². The van der Waals surface area contributed by atoms with Gasteiger partial charge in [0.15, 0.2) is 0 Å². The highest BCUT2D eigenvalue weighted by Crippen LogP contribution is 2.28. The number of rotatable bonds is 1. The van der Waals surface area contributed by atoms with Crippen molar-refractivity contribution >= 4 is 16.7 Å². The van der Waals surface area contributed by atoms with E-state index >= 15 is 0 Å². The van der Waals surface area contributed by atoms with Crippen LogP contribution < -0.4 is 5.73 Å². The summed E-state index contributed by atoms with van der Waals surface area (Å²) in [6, 6.07) is 8.58. The van der Waals surface area contributed by atoms with Crippen LogP contribution >= 0.6 is 0 Å². The number of fused-ring (bicyclic) bond motifs is 1. The largest absolute Gasteiger partial charge is 0.382 e. The Bertz CT molecular complexity index is 739. The second kappa shape index (κ2) is 3.60. The van der Waals surface area contributed by atoms with Crippen LogP contribution in [0.25, 0.3) is 22.3 Å².